The normalized spacial score (nSPS) is 15.8. The van der Waals surface area contributed by atoms with Crippen molar-refractivity contribution in [1.29, 1.82) is 0 Å². The van der Waals surface area contributed by atoms with Gasteiger partial charge in [0, 0.05) is 13.1 Å². The number of amides is 1. The summed E-state index contributed by atoms with van der Waals surface area (Å²) in [5.74, 6) is 2.08. The lowest BCUT2D eigenvalue weighted by Gasteiger charge is -2.32. The third-order valence-electron chi connectivity index (χ3n) is 4.54. The van der Waals surface area contributed by atoms with Gasteiger partial charge in [-0.2, -0.15) is 0 Å². The number of aromatic nitrogens is 2. The van der Waals surface area contributed by atoms with Gasteiger partial charge in [0.05, 0.1) is 24.7 Å². The fourth-order valence-electron chi connectivity index (χ4n) is 3.32. The zero-order valence-corrected chi connectivity index (χ0v) is 17.5. The first-order valence-corrected chi connectivity index (χ1v) is 9.86. The number of hydrogen-bond acceptors (Lipinski definition) is 5. The maximum atomic E-state index is 13.1. The molecule has 9 heteroatoms. The number of imidazole rings is 1. The molecule has 1 aromatic carbocycles. The Morgan fingerprint density at radius 2 is 2.12 bits per heavy atom. The summed E-state index contributed by atoms with van der Waals surface area (Å²) in [6.45, 7) is 4.47. The van der Waals surface area contributed by atoms with Crippen molar-refractivity contribution in [2.75, 3.05) is 31.6 Å². The Kier molecular flexibility index (Phi) is 4.52. The van der Waals surface area contributed by atoms with E-state index in [-0.39, 0.29) is 5.91 Å². The first-order valence-electron chi connectivity index (χ1n) is 8.27. The number of carbonyl (C=O) groups is 1. The Morgan fingerprint density at radius 1 is 1.31 bits per heavy atom. The Bertz CT molecular complexity index is 924. The zero-order chi connectivity index (χ0) is 18.4. The standard InChI is InChI=1S/C17H17Br2N5O2/c1-3-22-15(25)13-14(23-7-6-20-17(22)23)21-16(19)24(13)9-10-4-5-12(26-2)11(18)8-10/h4-5,8H,3,6-7,9H2,1-2H3. The quantitative estimate of drug-likeness (QED) is 0.671. The SMILES string of the molecule is CCN1C(=O)c2c(nc(Br)n2Cc2ccc(OC)c(Br)c2)N2CCN=C12. The molecule has 0 bridgehead atoms. The molecule has 1 amide bonds. The molecule has 2 aliphatic heterocycles. The minimum absolute atomic E-state index is 0.0647. The molecule has 0 radical (unpaired) electrons. The Hall–Kier alpha value is -1.87. The van der Waals surface area contributed by atoms with E-state index in [9.17, 15) is 4.79 Å². The molecule has 2 aliphatic rings. The maximum Gasteiger partial charge on any atom is 0.281 e. The number of methoxy groups -OCH3 is 1. The van der Waals surface area contributed by atoms with E-state index < -0.39 is 0 Å². The van der Waals surface area contributed by atoms with Crippen molar-refractivity contribution in [3.8, 4) is 5.75 Å². The lowest BCUT2D eigenvalue weighted by molar-refractivity contribution is 0.0836. The maximum absolute atomic E-state index is 13.1. The average Bonchev–Trinajstić information content (AvgIpc) is 3.21. The van der Waals surface area contributed by atoms with Gasteiger partial charge in [0.25, 0.3) is 5.91 Å². The number of halogens is 2. The largest absolute Gasteiger partial charge is 0.496 e. The molecular weight excluding hydrogens is 466 g/mol. The van der Waals surface area contributed by atoms with E-state index in [0.717, 1.165) is 22.3 Å². The molecule has 4 rings (SSSR count). The first kappa shape index (κ1) is 17.5. The number of aliphatic imine (C=N–C) groups is 1. The van der Waals surface area contributed by atoms with Crippen LogP contribution in [0, 0.1) is 0 Å². The van der Waals surface area contributed by atoms with Gasteiger partial charge >= 0.3 is 0 Å². The van der Waals surface area contributed by atoms with E-state index in [1.807, 2.05) is 34.6 Å². The minimum atomic E-state index is -0.0647. The van der Waals surface area contributed by atoms with Crippen molar-refractivity contribution < 1.29 is 9.53 Å². The molecule has 136 valence electrons. The van der Waals surface area contributed by atoms with E-state index >= 15 is 0 Å². The molecule has 0 fully saturated rings. The van der Waals surface area contributed by atoms with Crippen molar-refractivity contribution in [2.45, 2.75) is 13.5 Å². The predicted molar refractivity (Wildman–Crippen MR) is 106 cm³/mol. The van der Waals surface area contributed by atoms with E-state index in [1.54, 1.807) is 12.0 Å². The van der Waals surface area contributed by atoms with Crippen LogP contribution in [-0.2, 0) is 6.54 Å². The summed E-state index contributed by atoms with van der Waals surface area (Å²) in [5.41, 5.74) is 1.63. The molecule has 7 nitrogen and oxygen atoms in total. The third-order valence-corrected chi connectivity index (χ3v) is 5.76. The lowest BCUT2D eigenvalue weighted by Crippen LogP contribution is -2.50. The molecule has 26 heavy (non-hydrogen) atoms. The summed E-state index contributed by atoms with van der Waals surface area (Å²) in [5, 5.41) is 0. The summed E-state index contributed by atoms with van der Waals surface area (Å²) in [7, 11) is 1.63. The van der Waals surface area contributed by atoms with Gasteiger partial charge in [-0.25, -0.2) is 4.98 Å². The van der Waals surface area contributed by atoms with Crippen LogP contribution in [-0.4, -0.2) is 53.1 Å². The third kappa shape index (κ3) is 2.64. The van der Waals surface area contributed by atoms with Crippen LogP contribution in [0.3, 0.4) is 0 Å². The van der Waals surface area contributed by atoms with Crippen LogP contribution < -0.4 is 9.64 Å². The molecule has 3 heterocycles. The van der Waals surface area contributed by atoms with Gasteiger partial charge in [-0.3, -0.25) is 19.6 Å². The number of anilines is 1. The first-order chi connectivity index (χ1) is 12.5. The average molecular weight is 483 g/mol. The van der Waals surface area contributed by atoms with Crippen molar-refractivity contribution in [3.63, 3.8) is 0 Å². The number of carbonyl (C=O) groups excluding carboxylic acids is 1. The molecule has 0 aliphatic carbocycles. The van der Waals surface area contributed by atoms with Gasteiger partial charge in [-0.15, -0.1) is 0 Å². The summed E-state index contributed by atoms with van der Waals surface area (Å²) in [6.07, 6.45) is 0. The van der Waals surface area contributed by atoms with E-state index in [2.05, 4.69) is 41.8 Å². The minimum Gasteiger partial charge on any atom is -0.496 e. The molecule has 0 saturated carbocycles. The monoisotopic (exact) mass is 481 g/mol. The summed E-state index contributed by atoms with van der Waals surface area (Å²) >= 11 is 7.04. The van der Waals surface area contributed by atoms with E-state index in [4.69, 9.17) is 4.74 Å². The van der Waals surface area contributed by atoms with Gasteiger partial charge in [0.2, 0.25) is 5.96 Å². The van der Waals surface area contributed by atoms with Gasteiger partial charge in [0.1, 0.15) is 5.75 Å². The number of hydrogen-bond donors (Lipinski definition) is 0. The Morgan fingerprint density at radius 3 is 2.81 bits per heavy atom. The zero-order valence-electron chi connectivity index (χ0n) is 14.4. The van der Waals surface area contributed by atoms with Gasteiger partial charge in [0.15, 0.2) is 16.2 Å². The molecule has 0 N–H and O–H groups in total. The fourth-order valence-corrected chi connectivity index (χ4v) is 4.38. The van der Waals surface area contributed by atoms with Crippen molar-refractivity contribution in [2.24, 2.45) is 4.99 Å². The summed E-state index contributed by atoms with van der Waals surface area (Å²) in [6, 6.07) is 5.88. The second-order valence-electron chi connectivity index (χ2n) is 5.99. The van der Waals surface area contributed by atoms with Crippen LogP contribution in [0.25, 0.3) is 0 Å². The summed E-state index contributed by atoms with van der Waals surface area (Å²) in [4.78, 5) is 25.9. The lowest BCUT2D eigenvalue weighted by atomic mass is 10.2. The predicted octanol–water partition coefficient (Wildman–Crippen LogP) is 3.12. The highest BCUT2D eigenvalue weighted by molar-refractivity contribution is 9.10. The van der Waals surface area contributed by atoms with Crippen LogP contribution >= 0.6 is 31.9 Å². The number of nitrogens with zero attached hydrogens (tertiary/aromatic N) is 5. The number of guanidine groups is 1. The summed E-state index contributed by atoms with van der Waals surface area (Å²) < 4.78 is 8.70. The number of rotatable bonds is 4. The Balaban J connectivity index is 1.77. The van der Waals surface area contributed by atoms with Crippen LogP contribution in [0.2, 0.25) is 0 Å². The van der Waals surface area contributed by atoms with Crippen LogP contribution in [0.1, 0.15) is 23.0 Å². The van der Waals surface area contributed by atoms with E-state index in [0.29, 0.717) is 41.8 Å². The van der Waals surface area contributed by atoms with Gasteiger partial charge in [-0.05, 0) is 56.5 Å². The number of benzene rings is 1. The number of ether oxygens (including phenoxy) is 1. The molecule has 0 unspecified atom stereocenters. The molecule has 0 saturated heterocycles. The molecule has 2 aromatic rings. The van der Waals surface area contributed by atoms with E-state index in [1.165, 1.54) is 0 Å². The van der Waals surface area contributed by atoms with Crippen LogP contribution in [0.4, 0.5) is 5.82 Å². The highest BCUT2D eigenvalue weighted by Gasteiger charge is 2.40. The molecule has 0 spiro atoms. The highest BCUT2D eigenvalue weighted by atomic mass is 79.9. The van der Waals surface area contributed by atoms with Crippen LogP contribution in [0.15, 0.2) is 32.4 Å². The van der Waals surface area contributed by atoms with Gasteiger partial charge < -0.3 is 9.30 Å². The van der Waals surface area contributed by atoms with Crippen LogP contribution in [0.5, 0.6) is 5.75 Å². The molecular formula is C17H17Br2N5O2. The number of fused-ring (bicyclic) bond motifs is 3. The van der Waals surface area contributed by atoms with Crippen molar-refractivity contribution >= 4 is 49.5 Å². The fraction of sp³-hybridized carbons (Fsp3) is 0.353. The molecule has 0 atom stereocenters. The second kappa shape index (κ2) is 6.70. The Labute approximate surface area is 167 Å². The van der Waals surface area contributed by atoms with Crippen molar-refractivity contribution in [1.82, 2.24) is 14.5 Å². The smallest absolute Gasteiger partial charge is 0.281 e. The van der Waals surface area contributed by atoms with Crippen molar-refractivity contribution in [3.05, 3.63) is 38.7 Å². The second-order valence-corrected chi connectivity index (χ2v) is 7.55. The topological polar surface area (TPSA) is 63.0 Å². The van der Waals surface area contributed by atoms with Gasteiger partial charge in [-0.1, -0.05) is 6.07 Å². The highest BCUT2D eigenvalue weighted by Crippen LogP contribution is 2.34. The molecule has 1 aromatic heterocycles.